The standard InChI is InChI=1S/C46H66N14O16S2/c47-25(15-22-5-2-1-3-6-22)37(67)59-32(20-77)43(73)56-29(18-35(49)64)41(71)58-31(19-61)42(72)54-27(12-13-36(65)66)39(69)55-28(17-34(48)63)40(70)53-26(7-4-14-52-46(50)51)38(68)60-33(21-78)44(74)57-30(45(75)76)16-23-8-10-24(62)11-9-23/h1-3,5-6,8-11,25-33,61-62,77-78H,4,7,12-21,47H2,(H2,48,63)(H2,49,64)(H,53,70)(H,54,72)(H,55,69)(H,56,73)(H,57,74)(H,58,71)(H,59,67)(H,60,68)(H,65,66)(H,75,76)(H4,50,51,52)/t25-,26-,27-,28-,29-,30-,31-,32-,33-/m0/s1. The maximum atomic E-state index is 13.9. The van der Waals surface area contributed by atoms with Crippen LogP contribution in [0.25, 0.3) is 0 Å². The van der Waals surface area contributed by atoms with Crippen molar-refractivity contribution in [1.82, 2.24) is 42.5 Å². The van der Waals surface area contributed by atoms with Crippen molar-refractivity contribution in [2.45, 2.75) is 106 Å². The molecule has 30 nitrogen and oxygen atoms in total. The number of aliphatic imine (C=N–C) groups is 1. The molecule has 0 aliphatic heterocycles. The third kappa shape index (κ3) is 24.2. The number of phenols is 1. The fraction of sp³-hybridized carbons (Fsp3) is 0.457. The molecule has 22 N–H and O–H groups in total. The summed E-state index contributed by atoms with van der Waals surface area (Å²) in [4.78, 5) is 160. The average molecular weight is 1140 g/mol. The highest BCUT2D eigenvalue weighted by Gasteiger charge is 2.36. The second-order valence-electron chi connectivity index (χ2n) is 17.3. The highest BCUT2D eigenvalue weighted by molar-refractivity contribution is 7.80. The van der Waals surface area contributed by atoms with Crippen molar-refractivity contribution in [3.8, 4) is 5.75 Å². The van der Waals surface area contributed by atoms with E-state index in [1.807, 2.05) is 0 Å². The fourth-order valence-electron chi connectivity index (χ4n) is 6.93. The number of aromatic hydroxyl groups is 1. The lowest BCUT2D eigenvalue weighted by molar-refractivity contribution is -0.142. The first-order valence-corrected chi connectivity index (χ1v) is 24.9. The number of rotatable bonds is 35. The van der Waals surface area contributed by atoms with Gasteiger partial charge in [0.15, 0.2) is 5.96 Å². The van der Waals surface area contributed by atoms with Gasteiger partial charge in [-0.05, 0) is 48.9 Å². The minimum Gasteiger partial charge on any atom is -0.508 e. The molecule has 0 unspecified atom stereocenters. The van der Waals surface area contributed by atoms with Crippen LogP contribution in [-0.2, 0) is 70.4 Å². The van der Waals surface area contributed by atoms with Gasteiger partial charge in [-0.25, -0.2) is 4.79 Å². The molecule has 78 heavy (non-hydrogen) atoms. The van der Waals surface area contributed by atoms with Crippen LogP contribution < -0.4 is 71.2 Å². The minimum atomic E-state index is -2.00. The SMILES string of the molecule is NC(=O)C[C@H](NC(=O)[C@H](CCC(=O)O)NC(=O)[C@H](CO)NC(=O)[C@H](CC(N)=O)NC(=O)[C@H](CS)NC(=O)[C@@H](N)Cc1ccccc1)C(=O)N[C@@H](CCCN=C(N)N)C(=O)N[C@@H](CS)C(=O)N[C@@H](Cc1ccc(O)cc1)C(=O)O. The summed E-state index contributed by atoms with van der Waals surface area (Å²) in [6, 6.07) is -0.834. The number of carbonyl (C=O) groups is 12. The quantitative estimate of drug-likeness (QED) is 0.0132. The lowest BCUT2D eigenvalue weighted by atomic mass is 10.0. The average Bonchev–Trinajstić information content (AvgIpc) is 3.38. The topological polar surface area (TPSA) is 524 Å². The third-order valence-corrected chi connectivity index (χ3v) is 11.7. The first-order valence-electron chi connectivity index (χ1n) is 23.7. The number of phenolic OH excluding ortho intramolecular Hbond substituents is 1. The lowest BCUT2D eigenvalue weighted by Gasteiger charge is -2.27. The summed E-state index contributed by atoms with van der Waals surface area (Å²) < 4.78 is 0. The molecule has 2 rings (SSSR count). The molecule has 0 bridgehead atoms. The van der Waals surface area contributed by atoms with Gasteiger partial charge in [-0.3, -0.25) is 57.7 Å². The number of hydrogen-bond donors (Lipinski definition) is 19. The zero-order valence-electron chi connectivity index (χ0n) is 41.8. The van der Waals surface area contributed by atoms with Gasteiger partial charge in [0.2, 0.25) is 59.1 Å². The molecule has 0 heterocycles. The largest absolute Gasteiger partial charge is 0.508 e. The van der Waals surface area contributed by atoms with Crippen LogP contribution in [0.4, 0.5) is 0 Å². The number of guanidine groups is 1. The van der Waals surface area contributed by atoms with Crippen LogP contribution in [0.3, 0.4) is 0 Å². The molecule has 0 saturated heterocycles. The first kappa shape index (κ1) is 65.9. The van der Waals surface area contributed by atoms with Crippen LogP contribution in [0.5, 0.6) is 5.75 Å². The number of carbonyl (C=O) groups excluding carboxylic acids is 10. The Balaban J connectivity index is 2.32. The van der Waals surface area contributed by atoms with Crippen molar-refractivity contribution in [3.63, 3.8) is 0 Å². The van der Waals surface area contributed by atoms with E-state index in [1.165, 1.54) is 24.3 Å². The summed E-state index contributed by atoms with van der Waals surface area (Å²) in [5.41, 5.74) is 28.7. The molecule has 0 fully saturated rings. The van der Waals surface area contributed by atoms with Crippen molar-refractivity contribution in [1.29, 1.82) is 0 Å². The number of thiol groups is 2. The van der Waals surface area contributed by atoms with E-state index < -0.39 is 163 Å². The maximum absolute atomic E-state index is 13.9. The number of hydrogen-bond acceptors (Lipinski definition) is 18. The molecule has 0 spiro atoms. The van der Waals surface area contributed by atoms with E-state index in [0.717, 1.165) is 0 Å². The van der Waals surface area contributed by atoms with Gasteiger partial charge in [-0.15, -0.1) is 0 Å². The number of carboxylic acid groups (broad SMARTS) is 2. The predicted molar refractivity (Wildman–Crippen MR) is 282 cm³/mol. The summed E-state index contributed by atoms with van der Waals surface area (Å²) in [6.45, 7) is -1.31. The van der Waals surface area contributed by atoms with E-state index in [9.17, 15) is 78.0 Å². The molecule has 2 aromatic carbocycles. The third-order valence-electron chi connectivity index (χ3n) is 11.0. The molecular formula is C46H66N14O16S2. The molecule has 0 aliphatic rings. The molecule has 0 saturated carbocycles. The van der Waals surface area contributed by atoms with Gasteiger partial charge in [-0.2, -0.15) is 25.3 Å². The van der Waals surface area contributed by atoms with Crippen LogP contribution in [0.15, 0.2) is 59.6 Å². The first-order chi connectivity index (χ1) is 36.8. The van der Waals surface area contributed by atoms with Crippen molar-refractivity contribution >= 4 is 102 Å². The summed E-state index contributed by atoms with van der Waals surface area (Å²) in [6.07, 6.45) is -3.85. The molecule has 0 radical (unpaired) electrons. The smallest absolute Gasteiger partial charge is 0.326 e. The molecule has 9 atom stereocenters. The Morgan fingerprint density at radius 3 is 1.35 bits per heavy atom. The summed E-state index contributed by atoms with van der Waals surface area (Å²) in [5, 5.41) is 57.0. The Hall–Kier alpha value is -8.23. The Morgan fingerprint density at radius 1 is 0.500 bits per heavy atom. The van der Waals surface area contributed by atoms with Gasteiger partial charge in [0.25, 0.3) is 0 Å². The number of amides is 10. The summed E-state index contributed by atoms with van der Waals surface area (Å²) >= 11 is 8.20. The predicted octanol–water partition coefficient (Wildman–Crippen LogP) is -7.01. The number of carboxylic acids is 2. The highest BCUT2D eigenvalue weighted by atomic mass is 32.1. The van der Waals surface area contributed by atoms with Crippen LogP contribution in [0, 0.1) is 0 Å². The van der Waals surface area contributed by atoms with Gasteiger partial charge in [0.05, 0.1) is 25.5 Å². The fourth-order valence-corrected chi connectivity index (χ4v) is 7.44. The molecule has 2 aromatic rings. The summed E-state index contributed by atoms with van der Waals surface area (Å²) in [5.74, 6) is -15.6. The lowest BCUT2D eigenvalue weighted by Crippen LogP contribution is -2.61. The van der Waals surface area contributed by atoms with E-state index in [2.05, 4.69) is 72.8 Å². The van der Waals surface area contributed by atoms with Gasteiger partial charge < -0.3 is 91.6 Å². The van der Waals surface area contributed by atoms with E-state index in [-0.39, 0.29) is 49.7 Å². The van der Waals surface area contributed by atoms with Crippen LogP contribution in [-0.4, -0.2) is 176 Å². The number of benzene rings is 2. The van der Waals surface area contributed by atoms with Crippen LogP contribution >= 0.6 is 25.3 Å². The van der Waals surface area contributed by atoms with E-state index >= 15 is 0 Å². The number of nitrogens with two attached hydrogens (primary N) is 5. The zero-order chi connectivity index (χ0) is 58.6. The van der Waals surface area contributed by atoms with Crippen molar-refractivity contribution in [3.05, 3.63) is 65.7 Å². The van der Waals surface area contributed by atoms with Gasteiger partial charge in [0, 0.05) is 30.9 Å². The van der Waals surface area contributed by atoms with Gasteiger partial charge in [0.1, 0.15) is 54.1 Å². The monoisotopic (exact) mass is 1130 g/mol. The maximum Gasteiger partial charge on any atom is 0.326 e. The number of aliphatic hydroxyl groups excluding tert-OH is 1. The normalized spacial score (nSPS) is 14.3. The van der Waals surface area contributed by atoms with Crippen LogP contribution in [0.2, 0.25) is 0 Å². The van der Waals surface area contributed by atoms with E-state index in [0.29, 0.717) is 11.1 Å². The molecule has 10 amide bonds. The van der Waals surface area contributed by atoms with Crippen molar-refractivity contribution < 1.29 is 78.0 Å². The highest BCUT2D eigenvalue weighted by Crippen LogP contribution is 2.13. The second-order valence-corrected chi connectivity index (χ2v) is 18.0. The van der Waals surface area contributed by atoms with E-state index in [4.69, 9.17) is 28.7 Å². The Bertz CT molecular complexity index is 2470. The Kier molecular flexibility index (Phi) is 28.5. The Morgan fingerprint density at radius 2 is 0.897 bits per heavy atom. The van der Waals surface area contributed by atoms with Crippen LogP contribution in [0.1, 0.15) is 49.7 Å². The molecule has 0 aromatic heterocycles. The number of nitrogens with one attached hydrogen (secondary N) is 8. The number of nitrogens with zero attached hydrogens (tertiary/aromatic N) is 1. The van der Waals surface area contributed by atoms with Crippen molar-refractivity contribution in [2.24, 2.45) is 33.7 Å². The zero-order valence-corrected chi connectivity index (χ0v) is 43.6. The number of aliphatic hydroxyl groups is 1. The number of aliphatic carboxylic acids is 2. The molecular weight excluding hydrogens is 1070 g/mol. The van der Waals surface area contributed by atoms with E-state index in [1.54, 1.807) is 30.3 Å². The van der Waals surface area contributed by atoms with Crippen molar-refractivity contribution in [2.75, 3.05) is 24.7 Å². The van der Waals surface area contributed by atoms with Gasteiger partial charge in [-0.1, -0.05) is 42.5 Å². The van der Waals surface area contributed by atoms with Gasteiger partial charge >= 0.3 is 11.9 Å². The molecule has 0 aliphatic carbocycles. The molecule has 32 heteroatoms. The minimum absolute atomic E-state index is 0.0186. The molecule has 428 valence electrons. The second kappa shape index (κ2) is 33.7. The summed E-state index contributed by atoms with van der Waals surface area (Å²) in [7, 11) is 0. The Labute approximate surface area is 456 Å². The number of primary amides is 2.